The average Bonchev–Trinajstić information content (AvgIpc) is 3.03. The number of aromatic nitrogens is 4. The van der Waals surface area contributed by atoms with E-state index in [2.05, 4.69) is 27.3 Å². The normalized spacial score (nSPS) is 10.9. The van der Waals surface area contributed by atoms with E-state index in [1.54, 1.807) is 10.9 Å². The van der Waals surface area contributed by atoms with E-state index in [4.69, 9.17) is 5.73 Å². The molecule has 0 aliphatic carbocycles. The molecule has 6 nitrogen and oxygen atoms in total. The van der Waals surface area contributed by atoms with Gasteiger partial charge in [0, 0.05) is 0 Å². The number of hydrogen-bond acceptors (Lipinski definition) is 5. The number of hydrogen-bond donors (Lipinski definition) is 2. The van der Waals surface area contributed by atoms with Crippen molar-refractivity contribution in [1.29, 1.82) is 0 Å². The van der Waals surface area contributed by atoms with Crippen molar-refractivity contribution in [3.05, 3.63) is 66.6 Å². The second kappa shape index (κ2) is 5.66. The number of nitrogen functional groups attached to an aromatic ring is 1. The molecule has 4 rings (SSSR count). The molecule has 0 saturated carbocycles. The van der Waals surface area contributed by atoms with Gasteiger partial charge in [0.2, 0.25) is 0 Å². The van der Waals surface area contributed by atoms with Gasteiger partial charge in [-0.3, -0.25) is 0 Å². The summed E-state index contributed by atoms with van der Waals surface area (Å²) in [5, 5.41) is 8.56. The van der Waals surface area contributed by atoms with Crippen molar-refractivity contribution >= 4 is 28.2 Å². The molecule has 0 saturated heterocycles. The Hall–Kier alpha value is -3.41. The third-order valence-electron chi connectivity index (χ3n) is 3.86. The number of fused-ring (bicyclic) bond motifs is 1. The summed E-state index contributed by atoms with van der Waals surface area (Å²) in [6.07, 6.45) is 3.28. The Kier molecular flexibility index (Phi) is 3.35. The monoisotopic (exact) mass is 316 g/mol. The van der Waals surface area contributed by atoms with Crippen molar-refractivity contribution in [2.45, 2.75) is 6.92 Å². The molecule has 4 aromatic rings. The lowest BCUT2D eigenvalue weighted by atomic mass is 10.2. The summed E-state index contributed by atoms with van der Waals surface area (Å²) in [5.41, 5.74) is 10.4. The molecule has 2 aromatic carbocycles. The number of aryl methyl sites for hydroxylation is 1. The van der Waals surface area contributed by atoms with Gasteiger partial charge in [0.05, 0.1) is 28.6 Å². The van der Waals surface area contributed by atoms with Crippen LogP contribution in [0, 0.1) is 6.92 Å². The van der Waals surface area contributed by atoms with Gasteiger partial charge in [0.25, 0.3) is 0 Å². The van der Waals surface area contributed by atoms with Gasteiger partial charge in [-0.15, -0.1) is 0 Å². The number of rotatable bonds is 3. The molecule has 0 aliphatic rings. The van der Waals surface area contributed by atoms with Crippen LogP contribution in [-0.2, 0) is 0 Å². The lowest BCUT2D eigenvalue weighted by molar-refractivity contribution is 0.894. The first kappa shape index (κ1) is 14.2. The second-order valence-corrected chi connectivity index (χ2v) is 5.56. The summed E-state index contributed by atoms with van der Waals surface area (Å²) in [7, 11) is 0. The van der Waals surface area contributed by atoms with Crippen LogP contribution in [-0.4, -0.2) is 19.7 Å². The molecular weight excluding hydrogens is 300 g/mol. The second-order valence-electron chi connectivity index (χ2n) is 5.56. The van der Waals surface area contributed by atoms with Crippen LogP contribution in [0.4, 0.5) is 17.2 Å². The van der Waals surface area contributed by atoms with Crippen LogP contribution in [0.3, 0.4) is 0 Å². The van der Waals surface area contributed by atoms with Gasteiger partial charge in [-0.1, -0.05) is 29.8 Å². The first-order valence-electron chi connectivity index (χ1n) is 7.60. The van der Waals surface area contributed by atoms with Crippen LogP contribution in [0.2, 0.25) is 0 Å². The van der Waals surface area contributed by atoms with Crippen molar-refractivity contribution in [3.63, 3.8) is 0 Å². The quantitative estimate of drug-likeness (QED) is 0.566. The summed E-state index contributed by atoms with van der Waals surface area (Å²) < 4.78 is 1.80. The van der Waals surface area contributed by atoms with Crippen molar-refractivity contribution in [3.8, 4) is 5.69 Å². The van der Waals surface area contributed by atoms with E-state index in [1.165, 1.54) is 11.9 Å². The van der Waals surface area contributed by atoms with Gasteiger partial charge in [0.1, 0.15) is 12.1 Å². The maximum atomic E-state index is 6.00. The predicted octanol–water partition coefficient (Wildman–Crippen LogP) is 3.45. The van der Waals surface area contributed by atoms with E-state index in [0.717, 1.165) is 22.4 Å². The van der Waals surface area contributed by atoms with E-state index in [0.29, 0.717) is 11.5 Å². The van der Waals surface area contributed by atoms with Gasteiger partial charge in [-0.25, -0.2) is 14.6 Å². The van der Waals surface area contributed by atoms with Gasteiger partial charge in [0.15, 0.2) is 5.65 Å². The van der Waals surface area contributed by atoms with Crippen molar-refractivity contribution in [2.75, 3.05) is 11.1 Å². The van der Waals surface area contributed by atoms with E-state index < -0.39 is 0 Å². The Morgan fingerprint density at radius 3 is 2.58 bits per heavy atom. The molecule has 24 heavy (non-hydrogen) atoms. The highest BCUT2D eigenvalue weighted by atomic mass is 15.3. The highest BCUT2D eigenvalue weighted by molar-refractivity contribution is 5.90. The fourth-order valence-electron chi connectivity index (χ4n) is 2.56. The molecule has 0 amide bonds. The smallest absolute Gasteiger partial charge is 0.168 e. The van der Waals surface area contributed by atoms with E-state index >= 15 is 0 Å². The zero-order valence-corrected chi connectivity index (χ0v) is 13.1. The van der Waals surface area contributed by atoms with Crippen LogP contribution in [0.25, 0.3) is 16.7 Å². The van der Waals surface area contributed by atoms with Gasteiger partial charge >= 0.3 is 0 Å². The standard InChI is InChI=1S/C18H16N6/c1-12-6-8-13(9-7-12)24-18-14(10-22-24)17(20-11-21-18)23-16-5-3-2-4-15(16)19/h2-11H,19H2,1H3,(H,20,21,23). The number of nitrogens with one attached hydrogen (secondary N) is 1. The Morgan fingerprint density at radius 2 is 1.79 bits per heavy atom. The molecule has 2 aromatic heterocycles. The van der Waals surface area contributed by atoms with Gasteiger partial charge in [-0.05, 0) is 31.2 Å². The third-order valence-corrected chi connectivity index (χ3v) is 3.86. The Labute approximate surface area is 139 Å². The van der Waals surface area contributed by atoms with Crippen molar-refractivity contribution in [2.24, 2.45) is 0 Å². The largest absolute Gasteiger partial charge is 0.397 e. The molecule has 0 spiro atoms. The molecule has 0 bridgehead atoms. The first-order chi connectivity index (χ1) is 11.7. The number of benzene rings is 2. The number of para-hydroxylation sites is 2. The van der Waals surface area contributed by atoms with E-state index in [1.807, 2.05) is 48.5 Å². The highest BCUT2D eigenvalue weighted by Gasteiger charge is 2.11. The molecule has 0 fully saturated rings. The number of nitrogens with two attached hydrogens (primary N) is 1. The fraction of sp³-hybridized carbons (Fsp3) is 0.0556. The fourth-order valence-corrected chi connectivity index (χ4v) is 2.56. The predicted molar refractivity (Wildman–Crippen MR) is 95.5 cm³/mol. The first-order valence-corrected chi connectivity index (χ1v) is 7.60. The molecule has 6 heteroatoms. The maximum absolute atomic E-state index is 6.00. The zero-order chi connectivity index (χ0) is 16.5. The maximum Gasteiger partial charge on any atom is 0.168 e. The Morgan fingerprint density at radius 1 is 1.00 bits per heavy atom. The number of nitrogens with zero attached hydrogens (tertiary/aromatic N) is 4. The summed E-state index contributed by atoms with van der Waals surface area (Å²) in [5.74, 6) is 0.677. The van der Waals surface area contributed by atoms with Crippen LogP contribution >= 0.6 is 0 Å². The van der Waals surface area contributed by atoms with Crippen LogP contribution in [0.15, 0.2) is 61.1 Å². The number of anilines is 3. The molecular formula is C18H16N6. The molecule has 2 heterocycles. The molecule has 0 radical (unpaired) electrons. The SMILES string of the molecule is Cc1ccc(-n2ncc3c(Nc4ccccc4N)ncnc32)cc1. The molecule has 0 aliphatic heterocycles. The summed E-state index contributed by atoms with van der Waals surface area (Å²) in [6.45, 7) is 2.05. The van der Waals surface area contributed by atoms with E-state index in [-0.39, 0.29) is 0 Å². The van der Waals surface area contributed by atoms with Crippen molar-refractivity contribution in [1.82, 2.24) is 19.7 Å². The lowest BCUT2D eigenvalue weighted by Crippen LogP contribution is -2.00. The van der Waals surface area contributed by atoms with E-state index in [9.17, 15) is 0 Å². The van der Waals surface area contributed by atoms with Crippen molar-refractivity contribution < 1.29 is 0 Å². The highest BCUT2D eigenvalue weighted by Crippen LogP contribution is 2.27. The molecule has 0 unspecified atom stereocenters. The Bertz CT molecular complexity index is 1000. The third kappa shape index (κ3) is 2.44. The Balaban J connectivity index is 1.79. The minimum Gasteiger partial charge on any atom is -0.397 e. The van der Waals surface area contributed by atoms with Gasteiger partial charge in [-0.2, -0.15) is 5.10 Å². The summed E-state index contributed by atoms with van der Waals surface area (Å²) >= 11 is 0. The van der Waals surface area contributed by atoms with Crippen LogP contribution in [0.1, 0.15) is 5.56 Å². The van der Waals surface area contributed by atoms with Crippen LogP contribution in [0.5, 0.6) is 0 Å². The molecule has 3 N–H and O–H groups in total. The van der Waals surface area contributed by atoms with Gasteiger partial charge < -0.3 is 11.1 Å². The minimum atomic E-state index is 0.662. The summed E-state index contributed by atoms with van der Waals surface area (Å²) in [4.78, 5) is 8.72. The summed E-state index contributed by atoms with van der Waals surface area (Å²) in [6, 6.07) is 15.7. The molecule has 0 atom stereocenters. The lowest BCUT2D eigenvalue weighted by Gasteiger charge is -2.09. The topological polar surface area (TPSA) is 81.7 Å². The van der Waals surface area contributed by atoms with Crippen LogP contribution < -0.4 is 11.1 Å². The average molecular weight is 316 g/mol. The minimum absolute atomic E-state index is 0.662. The molecule has 118 valence electrons. The zero-order valence-electron chi connectivity index (χ0n) is 13.1.